The number of nitrogens with zero attached hydrogens (tertiary/aromatic N) is 3. The first-order valence-electron chi connectivity index (χ1n) is 14.4. The molecule has 4 aliphatic rings. The summed E-state index contributed by atoms with van der Waals surface area (Å²) < 4.78 is 49.4. The molecular formula is C31H30Cl2F3N3O3. The van der Waals surface area contributed by atoms with Crippen molar-refractivity contribution in [1.29, 1.82) is 0 Å². The molecule has 1 aliphatic heterocycles. The summed E-state index contributed by atoms with van der Waals surface area (Å²) in [5, 5.41) is 12.2. The minimum atomic E-state index is -4.90. The quantitative estimate of drug-likeness (QED) is 0.275. The van der Waals surface area contributed by atoms with Crippen LogP contribution >= 0.6 is 23.2 Å². The largest absolute Gasteiger partial charge is 0.445 e. The number of amides is 1. The number of fused-ring (bicyclic) bond motifs is 1. The van der Waals surface area contributed by atoms with Gasteiger partial charge in [0.15, 0.2) is 5.60 Å². The third kappa shape index (κ3) is 5.02. The van der Waals surface area contributed by atoms with Crippen molar-refractivity contribution in [2.24, 2.45) is 17.8 Å². The molecule has 3 saturated carbocycles. The normalized spacial score (nSPS) is 25.7. The Hall–Kier alpha value is -2.59. The Morgan fingerprint density at radius 1 is 1.05 bits per heavy atom. The minimum Gasteiger partial charge on any atom is -0.445 e. The maximum atomic E-state index is 14.7. The number of hydrogen-bond donors (Lipinski definition) is 1. The van der Waals surface area contributed by atoms with E-state index >= 15 is 0 Å². The third-order valence-corrected chi connectivity index (χ3v) is 9.73. The van der Waals surface area contributed by atoms with Crippen LogP contribution in [-0.4, -0.2) is 46.6 Å². The summed E-state index contributed by atoms with van der Waals surface area (Å²) in [6, 6.07) is 6.73. The molecule has 3 aromatic rings. The molecule has 2 aromatic carbocycles. The first-order valence-corrected chi connectivity index (χ1v) is 15.2. The van der Waals surface area contributed by atoms with Crippen LogP contribution in [0.25, 0.3) is 11.5 Å². The number of alkyl halides is 3. The molecule has 2 heterocycles. The summed E-state index contributed by atoms with van der Waals surface area (Å²) in [6.45, 7) is 2.38. The molecule has 222 valence electrons. The van der Waals surface area contributed by atoms with Crippen molar-refractivity contribution in [2.45, 2.75) is 56.3 Å². The van der Waals surface area contributed by atoms with Crippen LogP contribution in [0, 0.1) is 17.8 Å². The van der Waals surface area contributed by atoms with Crippen molar-refractivity contribution in [2.75, 3.05) is 24.5 Å². The van der Waals surface area contributed by atoms with Gasteiger partial charge in [-0.3, -0.25) is 9.69 Å². The molecule has 6 nitrogen and oxygen atoms in total. The lowest BCUT2D eigenvalue weighted by Gasteiger charge is -2.44. The van der Waals surface area contributed by atoms with Gasteiger partial charge in [-0.25, -0.2) is 4.98 Å². The van der Waals surface area contributed by atoms with Crippen LogP contribution in [0.2, 0.25) is 10.0 Å². The highest BCUT2D eigenvalue weighted by atomic mass is 35.5. The molecule has 3 fully saturated rings. The Bertz CT molecular complexity index is 1500. The molecule has 42 heavy (non-hydrogen) atoms. The Labute approximate surface area is 251 Å². The van der Waals surface area contributed by atoms with E-state index in [1.807, 2.05) is 0 Å². The van der Waals surface area contributed by atoms with Gasteiger partial charge in [0, 0.05) is 52.4 Å². The topological polar surface area (TPSA) is 69.8 Å². The van der Waals surface area contributed by atoms with Gasteiger partial charge >= 0.3 is 6.18 Å². The minimum absolute atomic E-state index is 0.0184. The van der Waals surface area contributed by atoms with Crippen molar-refractivity contribution in [3.63, 3.8) is 0 Å². The van der Waals surface area contributed by atoms with E-state index in [1.165, 1.54) is 67.3 Å². The van der Waals surface area contributed by atoms with Crippen LogP contribution in [-0.2, 0) is 16.6 Å². The predicted molar refractivity (Wildman–Crippen MR) is 152 cm³/mol. The van der Waals surface area contributed by atoms with Crippen LogP contribution in [0.15, 0.2) is 47.2 Å². The fourth-order valence-corrected chi connectivity index (χ4v) is 7.15. The van der Waals surface area contributed by atoms with Gasteiger partial charge in [-0.2, -0.15) is 13.2 Å². The molecule has 1 unspecified atom stereocenters. The standard InChI is InChI=1S/C31H30Cl2F3N3O3/c32-21-5-6-23(25(33)13-21)30(41)27-24(31(34,35)36)11-20(28-37-7-8-42-28)12-26(27)39(29(30)40)16-19-9-22(10-19)38(14-17-1-2-17)15-18-3-4-18/h5-8,11-13,17-19,22,41H,1-4,9-10,14-16H2/t19-,22-,30?. The van der Waals surface area contributed by atoms with E-state index in [0.717, 1.165) is 43.8 Å². The van der Waals surface area contributed by atoms with Gasteiger partial charge in [0.25, 0.3) is 5.91 Å². The molecular weight excluding hydrogens is 590 g/mol. The molecule has 11 heteroatoms. The molecule has 0 radical (unpaired) electrons. The van der Waals surface area contributed by atoms with Crippen molar-refractivity contribution < 1.29 is 27.5 Å². The van der Waals surface area contributed by atoms with Crippen LogP contribution in [0.1, 0.15) is 55.2 Å². The van der Waals surface area contributed by atoms with Crippen LogP contribution < -0.4 is 4.90 Å². The highest BCUT2D eigenvalue weighted by molar-refractivity contribution is 6.35. The number of oxazole rings is 1. The highest BCUT2D eigenvalue weighted by Gasteiger charge is 2.57. The lowest BCUT2D eigenvalue weighted by atomic mass is 9.78. The Kier molecular flexibility index (Phi) is 6.88. The summed E-state index contributed by atoms with van der Waals surface area (Å²) in [6.07, 6.45) is 4.51. The lowest BCUT2D eigenvalue weighted by Crippen LogP contribution is -2.51. The first kappa shape index (κ1) is 28.2. The second kappa shape index (κ2) is 10.3. The van der Waals surface area contributed by atoms with Crippen LogP contribution in [0.5, 0.6) is 0 Å². The SMILES string of the molecule is O=C1N(C[C@H]2C[C@H](N(CC3CC3)CC3CC3)C2)c2cc(-c3ncco3)cc(C(F)(F)F)c2C1(O)c1ccc(Cl)cc1Cl. The van der Waals surface area contributed by atoms with Crippen LogP contribution in [0.3, 0.4) is 0 Å². The fourth-order valence-electron chi connectivity index (χ4n) is 6.60. The summed E-state index contributed by atoms with van der Waals surface area (Å²) in [5.41, 5.74) is -4.47. The van der Waals surface area contributed by atoms with Crippen LogP contribution in [0.4, 0.5) is 18.9 Å². The van der Waals surface area contributed by atoms with Gasteiger partial charge in [-0.05, 0) is 80.5 Å². The number of benzene rings is 2. The van der Waals surface area contributed by atoms with E-state index in [-0.39, 0.29) is 45.2 Å². The maximum Gasteiger partial charge on any atom is 0.416 e. The van der Waals surface area contributed by atoms with Crippen molar-refractivity contribution in [3.8, 4) is 11.5 Å². The van der Waals surface area contributed by atoms with Gasteiger partial charge < -0.3 is 14.4 Å². The zero-order valence-electron chi connectivity index (χ0n) is 22.7. The summed E-state index contributed by atoms with van der Waals surface area (Å²) in [4.78, 5) is 22.1. The summed E-state index contributed by atoms with van der Waals surface area (Å²) >= 11 is 12.5. The van der Waals surface area contributed by atoms with E-state index in [0.29, 0.717) is 6.04 Å². The van der Waals surface area contributed by atoms with Gasteiger partial charge in [0.05, 0.1) is 17.4 Å². The lowest BCUT2D eigenvalue weighted by molar-refractivity contribution is -0.142. The van der Waals surface area contributed by atoms with Crippen molar-refractivity contribution in [1.82, 2.24) is 9.88 Å². The van der Waals surface area contributed by atoms with Gasteiger partial charge in [0.1, 0.15) is 6.26 Å². The average molecular weight is 620 g/mol. The highest BCUT2D eigenvalue weighted by Crippen LogP contribution is 2.53. The van der Waals surface area contributed by atoms with E-state index in [4.69, 9.17) is 27.6 Å². The van der Waals surface area contributed by atoms with Crippen molar-refractivity contribution in [3.05, 3.63) is 69.5 Å². The molecule has 0 saturated heterocycles. The number of aliphatic hydroxyl groups is 1. The predicted octanol–water partition coefficient (Wildman–Crippen LogP) is 7.15. The third-order valence-electron chi connectivity index (χ3n) is 9.18. The number of rotatable bonds is 9. The number of anilines is 1. The van der Waals surface area contributed by atoms with E-state index in [9.17, 15) is 23.1 Å². The molecule has 1 atom stereocenters. The average Bonchev–Trinajstić information content (AvgIpc) is 3.83. The smallest absolute Gasteiger partial charge is 0.416 e. The van der Waals surface area contributed by atoms with Crippen molar-refractivity contribution >= 4 is 34.8 Å². The number of aromatic nitrogens is 1. The summed E-state index contributed by atoms with van der Waals surface area (Å²) in [5.74, 6) is 0.727. The molecule has 0 spiro atoms. The van der Waals surface area contributed by atoms with E-state index < -0.39 is 28.8 Å². The van der Waals surface area contributed by atoms with E-state index in [2.05, 4.69) is 9.88 Å². The second-order valence-electron chi connectivity index (χ2n) is 12.3. The Morgan fingerprint density at radius 2 is 1.74 bits per heavy atom. The maximum absolute atomic E-state index is 14.7. The summed E-state index contributed by atoms with van der Waals surface area (Å²) in [7, 11) is 0. The molecule has 0 bridgehead atoms. The molecule has 7 rings (SSSR count). The zero-order valence-corrected chi connectivity index (χ0v) is 24.2. The fraction of sp³-hybridized carbons (Fsp3) is 0.484. The number of carbonyl (C=O) groups is 1. The Morgan fingerprint density at radius 3 is 2.31 bits per heavy atom. The molecule has 1 N–H and O–H groups in total. The molecule has 3 aliphatic carbocycles. The van der Waals surface area contributed by atoms with Gasteiger partial charge in [-0.15, -0.1) is 0 Å². The monoisotopic (exact) mass is 619 g/mol. The van der Waals surface area contributed by atoms with Gasteiger partial charge in [0.2, 0.25) is 5.89 Å². The van der Waals surface area contributed by atoms with Gasteiger partial charge in [-0.1, -0.05) is 29.3 Å². The molecule has 1 amide bonds. The Balaban J connectivity index is 1.26. The number of carbonyl (C=O) groups excluding carboxylic acids is 1. The molecule has 1 aromatic heterocycles. The zero-order chi connectivity index (χ0) is 29.4. The van der Waals surface area contributed by atoms with E-state index in [1.54, 1.807) is 0 Å². The first-order chi connectivity index (χ1) is 20.0. The number of halogens is 5. The second-order valence-corrected chi connectivity index (χ2v) is 13.2. The number of hydrogen-bond acceptors (Lipinski definition) is 5.